The Kier molecular flexibility index (Phi) is 3.08. The molecule has 3 heteroatoms. The van der Waals surface area contributed by atoms with Crippen LogP contribution in [-0.4, -0.2) is 30.1 Å². The minimum Gasteiger partial charge on any atom is -0.390 e. The highest BCUT2D eigenvalue weighted by molar-refractivity contribution is 5.97. The molecule has 1 aromatic rings. The van der Waals surface area contributed by atoms with Crippen LogP contribution in [0.1, 0.15) is 28.8 Å². The second-order valence-corrected chi connectivity index (χ2v) is 4.56. The van der Waals surface area contributed by atoms with Crippen LogP contribution in [0, 0.1) is 0 Å². The lowest BCUT2D eigenvalue weighted by Gasteiger charge is -2.08. The molecule has 0 unspecified atom stereocenters. The van der Waals surface area contributed by atoms with Crippen LogP contribution in [0.4, 0.5) is 0 Å². The average Bonchev–Trinajstić information content (AvgIpc) is 2.97. The summed E-state index contributed by atoms with van der Waals surface area (Å²) in [5, 5.41) is 12.7. The minimum absolute atomic E-state index is 0.0899. The van der Waals surface area contributed by atoms with Gasteiger partial charge in [-0.2, -0.15) is 0 Å². The Labute approximate surface area is 95.5 Å². The first-order chi connectivity index (χ1) is 7.63. The summed E-state index contributed by atoms with van der Waals surface area (Å²) in [5.74, 6) is 0.0899. The zero-order valence-electron chi connectivity index (χ0n) is 9.49. The summed E-state index contributed by atoms with van der Waals surface area (Å²) in [6.07, 6.45) is 2.41. The number of likely N-dealkylation sites (N-methyl/N-ethyl adjacent to an activating group) is 1. The summed E-state index contributed by atoms with van der Waals surface area (Å²) in [7, 11) is 1.76. The van der Waals surface area contributed by atoms with Gasteiger partial charge >= 0.3 is 0 Å². The smallest absolute Gasteiger partial charge is 0.176 e. The molecule has 3 nitrogen and oxygen atoms in total. The summed E-state index contributed by atoms with van der Waals surface area (Å²) >= 11 is 0. The van der Waals surface area contributed by atoms with Crippen LogP contribution in [-0.2, 0) is 6.42 Å². The minimum atomic E-state index is -0.495. The number of Topliss-reactive ketones (excluding diaryl/α,β-unsaturated/α-hetero) is 1. The fourth-order valence-corrected chi connectivity index (χ4v) is 1.82. The molecule has 0 aromatic heterocycles. The van der Waals surface area contributed by atoms with Crippen molar-refractivity contribution in [1.29, 1.82) is 0 Å². The van der Waals surface area contributed by atoms with Crippen LogP contribution in [0.2, 0.25) is 0 Å². The molecule has 1 aliphatic rings. The molecule has 16 heavy (non-hydrogen) atoms. The molecule has 0 aliphatic heterocycles. The lowest BCUT2D eigenvalue weighted by molar-refractivity contribution is 0.0993. The van der Waals surface area contributed by atoms with Crippen LogP contribution < -0.4 is 5.32 Å². The molecule has 0 atom stereocenters. The van der Waals surface area contributed by atoms with Crippen molar-refractivity contribution in [2.24, 2.45) is 0 Å². The van der Waals surface area contributed by atoms with Gasteiger partial charge in [-0.3, -0.25) is 4.79 Å². The highest BCUT2D eigenvalue weighted by Gasteiger charge is 2.40. The van der Waals surface area contributed by atoms with Crippen LogP contribution >= 0.6 is 0 Å². The third kappa shape index (κ3) is 2.68. The second-order valence-electron chi connectivity index (χ2n) is 4.56. The molecule has 2 N–H and O–H groups in total. The fraction of sp³-hybridized carbons (Fsp3) is 0.462. The van der Waals surface area contributed by atoms with Gasteiger partial charge in [-0.1, -0.05) is 18.2 Å². The third-order valence-electron chi connectivity index (χ3n) is 2.95. The predicted octanol–water partition coefficient (Wildman–Crippen LogP) is 1.16. The lowest BCUT2D eigenvalue weighted by atomic mass is 10.0. The molecule has 0 amide bonds. The number of hydrogen-bond donors (Lipinski definition) is 2. The Morgan fingerprint density at radius 3 is 2.88 bits per heavy atom. The summed E-state index contributed by atoms with van der Waals surface area (Å²) in [5.41, 5.74) is 1.27. The Balaban J connectivity index is 2.09. The van der Waals surface area contributed by atoms with E-state index in [1.807, 2.05) is 24.3 Å². The Hall–Kier alpha value is -1.19. The predicted molar refractivity (Wildman–Crippen MR) is 62.6 cm³/mol. The van der Waals surface area contributed by atoms with Gasteiger partial charge in [-0.15, -0.1) is 0 Å². The van der Waals surface area contributed by atoms with Crippen molar-refractivity contribution in [2.45, 2.75) is 24.9 Å². The van der Waals surface area contributed by atoms with Crippen molar-refractivity contribution < 1.29 is 9.90 Å². The van der Waals surface area contributed by atoms with Gasteiger partial charge in [-0.25, -0.2) is 0 Å². The molecule has 1 saturated carbocycles. The molecular weight excluding hydrogens is 202 g/mol. The van der Waals surface area contributed by atoms with Gasteiger partial charge in [0.15, 0.2) is 5.78 Å². The molecule has 0 heterocycles. The maximum Gasteiger partial charge on any atom is 0.176 e. The Bertz CT molecular complexity index is 397. The van der Waals surface area contributed by atoms with Crippen LogP contribution in [0.3, 0.4) is 0 Å². The topological polar surface area (TPSA) is 49.3 Å². The van der Waals surface area contributed by atoms with Gasteiger partial charge in [0.25, 0.3) is 0 Å². The molecule has 1 fully saturated rings. The van der Waals surface area contributed by atoms with E-state index in [0.29, 0.717) is 13.0 Å². The summed E-state index contributed by atoms with van der Waals surface area (Å²) in [4.78, 5) is 11.7. The number of carbonyl (C=O) groups excluding carboxylic acids is 1. The monoisotopic (exact) mass is 219 g/mol. The summed E-state index contributed by atoms with van der Waals surface area (Å²) < 4.78 is 0. The van der Waals surface area contributed by atoms with Crippen LogP contribution in [0.15, 0.2) is 24.3 Å². The van der Waals surface area contributed by atoms with Crippen molar-refractivity contribution in [2.75, 3.05) is 13.6 Å². The largest absolute Gasteiger partial charge is 0.390 e. The van der Waals surface area contributed by atoms with Crippen molar-refractivity contribution in [1.82, 2.24) is 5.32 Å². The first-order valence-electron chi connectivity index (χ1n) is 5.62. The normalized spacial score (nSPS) is 17.1. The van der Waals surface area contributed by atoms with E-state index in [1.54, 1.807) is 7.05 Å². The van der Waals surface area contributed by atoms with Gasteiger partial charge in [0, 0.05) is 12.0 Å². The standard InChI is InChI=1S/C13H17NO2/c1-14-9-12(15)11-4-2-3-10(7-11)8-13(16)5-6-13/h2-4,7,14,16H,5-6,8-9H2,1H3. The fourth-order valence-electron chi connectivity index (χ4n) is 1.82. The number of hydrogen-bond acceptors (Lipinski definition) is 3. The van der Waals surface area contributed by atoms with E-state index in [0.717, 1.165) is 24.0 Å². The summed E-state index contributed by atoms with van der Waals surface area (Å²) in [6, 6.07) is 7.55. The van der Waals surface area contributed by atoms with Gasteiger partial charge in [-0.05, 0) is 31.5 Å². The van der Waals surface area contributed by atoms with E-state index in [2.05, 4.69) is 5.32 Å². The number of benzene rings is 1. The molecule has 0 bridgehead atoms. The number of rotatable bonds is 5. The van der Waals surface area contributed by atoms with E-state index >= 15 is 0 Å². The molecule has 0 radical (unpaired) electrons. The van der Waals surface area contributed by atoms with Crippen molar-refractivity contribution in [3.05, 3.63) is 35.4 Å². The lowest BCUT2D eigenvalue weighted by Crippen LogP contribution is -2.19. The van der Waals surface area contributed by atoms with E-state index in [4.69, 9.17) is 0 Å². The van der Waals surface area contributed by atoms with E-state index in [1.165, 1.54) is 0 Å². The maximum atomic E-state index is 11.7. The van der Waals surface area contributed by atoms with E-state index in [9.17, 15) is 9.90 Å². The van der Waals surface area contributed by atoms with Crippen molar-refractivity contribution >= 4 is 5.78 Å². The molecule has 0 saturated heterocycles. The Morgan fingerprint density at radius 1 is 1.50 bits per heavy atom. The highest BCUT2D eigenvalue weighted by Crippen LogP contribution is 2.38. The SMILES string of the molecule is CNCC(=O)c1cccc(CC2(O)CC2)c1. The number of carbonyl (C=O) groups is 1. The van der Waals surface area contributed by atoms with Crippen molar-refractivity contribution in [3.63, 3.8) is 0 Å². The summed E-state index contributed by atoms with van der Waals surface area (Å²) in [6.45, 7) is 0.355. The zero-order valence-corrected chi connectivity index (χ0v) is 9.49. The van der Waals surface area contributed by atoms with Crippen LogP contribution in [0.25, 0.3) is 0 Å². The van der Waals surface area contributed by atoms with E-state index in [-0.39, 0.29) is 5.78 Å². The first-order valence-corrected chi connectivity index (χ1v) is 5.62. The maximum absolute atomic E-state index is 11.7. The van der Waals surface area contributed by atoms with Gasteiger partial charge in [0.1, 0.15) is 0 Å². The third-order valence-corrected chi connectivity index (χ3v) is 2.95. The zero-order chi connectivity index (χ0) is 11.6. The molecule has 2 rings (SSSR count). The number of nitrogens with one attached hydrogen (secondary N) is 1. The van der Waals surface area contributed by atoms with Gasteiger partial charge in [0.05, 0.1) is 12.1 Å². The van der Waals surface area contributed by atoms with Crippen LogP contribution in [0.5, 0.6) is 0 Å². The average molecular weight is 219 g/mol. The first kappa shape index (κ1) is 11.3. The molecule has 86 valence electrons. The number of ketones is 1. The van der Waals surface area contributed by atoms with Gasteiger partial charge in [0.2, 0.25) is 0 Å². The molecule has 1 aliphatic carbocycles. The second kappa shape index (κ2) is 4.36. The van der Waals surface area contributed by atoms with Crippen molar-refractivity contribution in [3.8, 4) is 0 Å². The number of aliphatic hydroxyl groups is 1. The van der Waals surface area contributed by atoms with Gasteiger partial charge < -0.3 is 10.4 Å². The molecular formula is C13H17NO2. The highest BCUT2D eigenvalue weighted by atomic mass is 16.3. The Morgan fingerprint density at radius 2 is 2.25 bits per heavy atom. The molecule has 0 spiro atoms. The molecule has 1 aromatic carbocycles. The van der Waals surface area contributed by atoms with E-state index < -0.39 is 5.60 Å². The quantitative estimate of drug-likeness (QED) is 0.730.